The predicted octanol–water partition coefficient (Wildman–Crippen LogP) is 2.39. The van der Waals surface area contributed by atoms with Crippen molar-refractivity contribution in [2.75, 3.05) is 6.61 Å². The maximum Gasteiger partial charge on any atom is 0.0720 e. The van der Waals surface area contributed by atoms with Crippen LogP contribution in [0.25, 0.3) is 0 Å². The van der Waals surface area contributed by atoms with Gasteiger partial charge in [-0.2, -0.15) is 0 Å². The average molecular weight is 161 g/mol. The summed E-state index contributed by atoms with van der Waals surface area (Å²) < 4.78 is 5.34. The second-order valence-electron chi connectivity index (χ2n) is 3.30. The van der Waals surface area contributed by atoms with Gasteiger partial charge in [-0.15, -0.1) is 0 Å². The molecule has 0 N–H and O–H groups in total. The molecule has 0 bridgehead atoms. The molecule has 0 atom stereocenters. The van der Waals surface area contributed by atoms with Crippen molar-refractivity contribution in [3.63, 3.8) is 0 Å². The first-order chi connectivity index (χ1) is 5.79. The molecule has 0 fully saturated rings. The minimum atomic E-state index is 0.761. The Morgan fingerprint density at radius 3 is 2.92 bits per heavy atom. The van der Waals surface area contributed by atoms with Gasteiger partial charge in [-0.3, -0.25) is 0 Å². The van der Waals surface area contributed by atoms with Crippen LogP contribution in [0.3, 0.4) is 0 Å². The van der Waals surface area contributed by atoms with Gasteiger partial charge in [-0.25, -0.2) is 0 Å². The Hall–Kier alpha value is -0.820. The lowest BCUT2D eigenvalue weighted by Crippen LogP contribution is -2.09. The van der Waals surface area contributed by atoms with Crippen molar-refractivity contribution < 1.29 is 4.74 Å². The monoisotopic (exact) mass is 161 g/mol. The zero-order valence-corrected chi connectivity index (χ0v) is 7.55. The van der Waals surface area contributed by atoms with E-state index in [1.165, 1.54) is 22.3 Å². The van der Waals surface area contributed by atoms with Crippen LogP contribution in [0.4, 0.5) is 0 Å². The van der Waals surface area contributed by atoms with E-state index in [9.17, 15) is 0 Å². The van der Waals surface area contributed by atoms with Gasteiger partial charge in [0.25, 0.3) is 0 Å². The Balaban J connectivity index is 2.54. The minimum absolute atomic E-state index is 0.761. The van der Waals surface area contributed by atoms with Crippen molar-refractivity contribution >= 4 is 0 Å². The number of hydrogen-bond acceptors (Lipinski definition) is 1. The molecule has 1 heteroatoms. The average Bonchev–Trinajstić information content (AvgIpc) is 2.12. The highest BCUT2D eigenvalue weighted by molar-refractivity contribution is 5.44. The second-order valence-corrected chi connectivity index (χ2v) is 3.30. The smallest absolute Gasteiger partial charge is 0.0720 e. The highest BCUT2D eigenvalue weighted by Crippen LogP contribution is 2.23. The summed E-state index contributed by atoms with van der Waals surface area (Å²) in [5.74, 6) is 0. The van der Waals surface area contributed by atoms with Crippen LogP contribution in [0.5, 0.6) is 0 Å². The molecule has 0 saturated carbocycles. The van der Waals surface area contributed by atoms with Gasteiger partial charge in [-0.1, -0.05) is 12.1 Å². The third-order valence-electron chi connectivity index (χ3n) is 2.54. The van der Waals surface area contributed by atoms with Crippen LogP contribution in [0.2, 0.25) is 0 Å². The molecule has 0 spiro atoms. The van der Waals surface area contributed by atoms with E-state index >= 15 is 0 Å². The zero-order chi connectivity index (χ0) is 8.55. The Kier molecular flexibility index (Phi) is 1.89. The first-order valence-corrected chi connectivity index (χ1v) is 4.29. The molecule has 0 unspecified atom stereocenters. The van der Waals surface area contributed by atoms with Crippen LogP contribution in [-0.2, 0) is 11.3 Å². The summed E-state index contributed by atoms with van der Waals surface area (Å²) >= 11 is 0. The maximum atomic E-state index is 5.34. The van der Waals surface area contributed by atoms with Gasteiger partial charge in [0.05, 0.1) is 13.2 Å². The van der Waals surface area contributed by atoms with E-state index in [-0.39, 0.29) is 0 Å². The molecule has 1 radical (unpaired) electrons. The molecule has 1 nitrogen and oxygen atoms in total. The molecule has 63 valence electrons. The summed E-state index contributed by atoms with van der Waals surface area (Å²) in [7, 11) is 0. The number of hydrogen-bond donors (Lipinski definition) is 0. The van der Waals surface area contributed by atoms with Gasteiger partial charge in [-0.05, 0) is 36.1 Å². The van der Waals surface area contributed by atoms with Crippen molar-refractivity contribution in [2.24, 2.45) is 0 Å². The standard InChI is InChI=1S/C11H13O/c1-8-3-4-10-7-12-6-5-11(10)9(8)2/h3-5H,6-7H2,1-2H3. The van der Waals surface area contributed by atoms with Crippen molar-refractivity contribution in [3.8, 4) is 0 Å². The molecule has 0 amide bonds. The molecule has 1 aromatic carbocycles. The lowest BCUT2D eigenvalue weighted by molar-refractivity contribution is 0.132. The van der Waals surface area contributed by atoms with E-state index in [0.717, 1.165) is 13.2 Å². The highest BCUT2D eigenvalue weighted by Gasteiger charge is 2.12. The molecular weight excluding hydrogens is 148 g/mol. The number of fused-ring (bicyclic) bond motifs is 1. The molecule has 0 aromatic heterocycles. The van der Waals surface area contributed by atoms with Crippen LogP contribution in [-0.4, -0.2) is 6.61 Å². The third-order valence-corrected chi connectivity index (χ3v) is 2.54. The van der Waals surface area contributed by atoms with Crippen molar-refractivity contribution in [1.29, 1.82) is 0 Å². The van der Waals surface area contributed by atoms with Gasteiger partial charge in [0.15, 0.2) is 0 Å². The lowest BCUT2D eigenvalue weighted by Gasteiger charge is -2.19. The summed E-state index contributed by atoms with van der Waals surface area (Å²) in [4.78, 5) is 0. The molecule has 1 aromatic rings. The van der Waals surface area contributed by atoms with Gasteiger partial charge in [0.2, 0.25) is 0 Å². The lowest BCUT2D eigenvalue weighted by atomic mass is 9.95. The van der Waals surface area contributed by atoms with Gasteiger partial charge in [0.1, 0.15) is 0 Å². The van der Waals surface area contributed by atoms with E-state index in [4.69, 9.17) is 4.74 Å². The van der Waals surface area contributed by atoms with E-state index < -0.39 is 0 Å². The van der Waals surface area contributed by atoms with E-state index in [2.05, 4.69) is 32.4 Å². The van der Waals surface area contributed by atoms with Crippen LogP contribution >= 0.6 is 0 Å². The third kappa shape index (κ3) is 1.14. The van der Waals surface area contributed by atoms with Gasteiger partial charge >= 0.3 is 0 Å². The number of benzene rings is 1. The number of rotatable bonds is 0. The predicted molar refractivity (Wildman–Crippen MR) is 49.0 cm³/mol. The molecule has 0 aliphatic carbocycles. The Bertz CT molecular complexity index is 302. The molecule has 0 saturated heterocycles. The normalized spacial score (nSPS) is 15.8. The summed E-state index contributed by atoms with van der Waals surface area (Å²) in [6.07, 6.45) is 2.17. The Morgan fingerprint density at radius 2 is 2.08 bits per heavy atom. The Labute approximate surface area is 73.4 Å². The number of aryl methyl sites for hydroxylation is 1. The second kappa shape index (κ2) is 2.91. The largest absolute Gasteiger partial charge is 0.376 e. The van der Waals surface area contributed by atoms with Crippen LogP contribution in [0.1, 0.15) is 22.3 Å². The molecule has 2 rings (SSSR count). The number of ether oxygens (including phenoxy) is 1. The highest BCUT2D eigenvalue weighted by atomic mass is 16.5. The molecule has 12 heavy (non-hydrogen) atoms. The van der Waals surface area contributed by atoms with Crippen LogP contribution in [0.15, 0.2) is 12.1 Å². The van der Waals surface area contributed by atoms with Crippen LogP contribution in [0, 0.1) is 20.3 Å². The van der Waals surface area contributed by atoms with Gasteiger partial charge < -0.3 is 4.74 Å². The Morgan fingerprint density at radius 1 is 1.25 bits per heavy atom. The van der Waals surface area contributed by atoms with Crippen molar-refractivity contribution in [3.05, 3.63) is 40.8 Å². The van der Waals surface area contributed by atoms with E-state index in [1.54, 1.807) is 0 Å². The summed E-state index contributed by atoms with van der Waals surface area (Å²) in [6.45, 7) is 5.86. The quantitative estimate of drug-likeness (QED) is 0.567. The van der Waals surface area contributed by atoms with Crippen molar-refractivity contribution in [1.82, 2.24) is 0 Å². The van der Waals surface area contributed by atoms with Crippen LogP contribution < -0.4 is 0 Å². The molecule has 1 aliphatic rings. The maximum absolute atomic E-state index is 5.34. The summed E-state index contributed by atoms with van der Waals surface area (Å²) in [5.41, 5.74) is 5.48. The zero-order valence-electron chi connectivity index (χ0n) is 7.55. The fourth-order valence-corrected chi connectivity index (χ4v) is 1.61. The topological polar surface area (TPSA) is 9.23 Å². The molecule has 1 heterocycles. The SMILES string of the molecule is Cc1ccc2c(c1C)[CH]COC2. The van der Waals surface area contributed by atoms with E-state index in [1.807, 2.05) is 0 Å². The molecule has 1 aliphatic heterocycles. The minimum Gasteiger partial charge on any atom is -0.376 e. The summed E-state index contributed by atoms with van der Waals surface area (Å²) in [5, 5.41) is 0. The first kappa shape index (κ1) is 7.81. The summed E-state index contributed by atoms with van der Waals surface area (Å²) in [6, 6.07) is 4.32. The van der Waals surface area contributed by atoms with Crippen molar-refractivity contribution in [2.45, 2.75) is 20.5 Å². The first-order valence-electron chi connectivity index (χ1n) is 4.29. The van der Waals surface area contributed by atoms with Gasteiger partial charge in [0, 0.05) is 6.42 Å². The fourth-order valence-electron chi connectivity index (χ4n) is 1.61. The fraction of sp³-hybridized carbons (Fsp3) is 0.364. The molecular formula is C11H13O. The van der Waals surface area contributed by atoms with E-state index in [0.29, 0.717) is 0 Å².